The Labute approximate surface area is 164 Å². The van der Waals surface area contributed by atoms with Crippen molar-refractivity contribution in [2.24, 2.45) is 12.0 Å². The molecule has 3 rings (SSSR count). The number of halogens is 1. The van der Waals surface area contributed by atoms with E-state index in [0.29, 0.717) is 11.6 Å². The van der Waals surface area contributed by atoms with Crippen molar-refractivity contribution in [2.45, 2.75) is 39.8 Å². The molecule has 3 aromatic rings. The first kappa shape index (κ1) is 19.2. The molecule has 0 fully saturated rings. The molecular formula is C19H26ClN7. The van der Waals surface area contributed by atoms with Gasteiger partial charge in [-0.3, -0.25) is 9.67 Å². The second kappa shape index (κ2) is 8.00. The monoisotopic (exact) mass is 387 g/mol. The molecule has 0 radical (unpaired) electrons. The fraction of sp³-hybridized carbons (Fsp3) is 0.421. The smallest absolute Gasteiger partial charge is 0.191 e. The zero-order valence-electron chi connectivity index (χ0n) is 16.4. The largest absolute Gasteiger partial charge is 0.354 e. The van der Waals surface area contributed by atoms with Crippen LogP contribution >= 0.6 is 11.6 Å². The second-order valence-corrected chi connectivity index (χ2v) is 7.23. The van der Waals surface area contributed by atoms with Gasteiger partial charge in [0.15, 0.2) is 5.96 Å². The molecule has 0 bridgehead atoms. The van der Waals surface area contributed by atoms with Crippen molar-refractivity contribution in [1.82, 2.24) is 29.8 Å². The molecule has 1 unspecified atom stereocenters. The van der Waals surface area contributed by atoms with Crippen molar-refractivity contribution in [3.8, 4) is 0 Å². The van der Waals surface area contributed by atoms with E-state index in [9.17, 15) is 0 Å². The number of rotatable bonds is 5. The summed E-state index contributed by atoms with van der Waals surface area (Å²) in [6, 6.07) is 3.96. The predicted molar refractivity (Wildman–Crippen MR) is 109 cm³/mol. The SMILES string of the molecule is CN=C(NCc1cn2cc(Cl)ccc2n1)NC(C)Cc1c(C)nn(C)c1C. The van der Waals surface area contributed by atoms with Gasteiger partial charge in [-0.15, -0.1) is 0 Å². The zero-order valence-corrected chi connectivity index (χ0v) is 17.2. The number of pyridine rings is 1. The summed E-state index contributed by atoms with van der Waals surface area (Å²) in [6.45, 7) is 6.88. The first-order valence-electron chi connectivity index (χ1n) is 8.96. The van der Waals surface area contributed by atoms with Crippen molar-refractivity contribution in [2.75, 3.05) is 7.05 Å². The quantitative estimate of drug-likeness (QED) is 0.521. The Morgan fingerprint density at radius 2 is 2.07 bits per heavy atom. The molecule has 3 heterocycles. The number of aliphatic imine (C=N–C) groups is 1. The van der Waals surface area contributed by atoms with Crippen molar-refractivity contribution >= 4 is 23.2 Å². The van der Waals surface area contributed by atoms with Crippen LogP contribution in [0, 0.1) is 13.8 Å². The third-order valence-corrected chi connectivity index (χ3v) is 4.90. The van der Waals surface area contributed by atoms with Crippen LogP contribution in [0.15, 0.2) is 29.5 Å². The lowest BCUT2D eigenvalue weighted by molar-refractivity contribution is 0.634. The highest BCUT2D eigenvalue weighted by atomic mass is 35.5. The average molecular weight is 388 g/mol. The highest BCUT2D eigenvalue weighted by molar-refractivity contribution is 6.30. The van der Waals surface area contributed by atoms with Crippen molar-refractivity contribution in [3.63, 3.8) is 0 Å². The molecule has 2 N–H and O–H groups in total. The summed E-state index contributed by atoms with van der Waals surface area (Å²) in [7, 11) is 3.75. The fourth-order valence-electron chi connectivity index (χ4n) is 3.17. The van der Waals surface area contributed by atoms with E-state index in [1.807, 2.05) is 40.7 Å². The van der Waals surface area contributed by atoms with E-state index >= 15 is 0 Å². The molecule has 8 heteroatoms. The van der Waals surface area contributed by atoms with Crippen LogP contribution in [0.3, 0.4) is 0 Å². The highest BCUT2D eigenvalue weighted by Gasteiger charge is 2.14. The Balaban J connectivity index is 1.59. The van der Waals surface area contributed by atoms with Gasteiger partial charge in [-0.2, -0.15) is 5.10 Å². The van der Waals surface area contributed by atoms with Gasteiger partial charge in [-0.25, -0.2) is 4.98 Å². The van der Waals surface area contributed by atoms with E-state index in [2.05, 4.69) is 46.5 Å². The van der Waals surface area contributed by atoms with Gasteiger partial charge in [0.1, 0.15) is 5.65 Å². The number of aryl methyl sites for hydroxylation is 2. The molecule has 0 aliphatic heterocycles. The van der Waals surface area contributed by atoms with Crippen molar-refractivity contribution in [1.29, 1.82) is 0 Å². The number of hydrogen-bond donors (Lipinski definition) is 2. The maximum absolute atomic E-state index is 6.03. The van der Waals surface area contributed by atoms with E-state index in [1.54, 1.807) is 7.05 Å². The number of hydrogen-bond acceptors (Lipinski definition) is 3. The van der Waals surface area contributed by atoms with Crippen molar-refractivity contribution in [3.05, 3.63) is 52.2 Å². The van der Waals surface area contributed by atoms with Gasteiger partial charge in [0.25, 0.3) is 0 Å². The molecule has 0 aliphatic rings. The highest BCUT2D eigenvalue weighted by Crippen LogP contribution is 2.14. The Hall–Kier alpha value is -2.54. The van der Waals surface area contributed by atoms with Gasteiger partial charge in [0, 0.05) is 38.2 Å². The average Bonchev–Trinajstić information content (AvgIpc) is 3.13. The van der Waals surface area contributed by atoms with E-state index < -0.39 is 0 Å². The number of imidazole rings is 1. The maximum Gasteiger partial charge on any atom is 0.191 e. The summed E-state index contributed by atoms with van der Waals surface area (Å²) in [4.78, 5) is 8.90. The lowest BCUT2D eigenvalue weighted by atomic mass is 10.1. The summed E-state index contributed by atoms with van der Waals surface area (Å²) in [5.41, 5.74) is 5.36. The van der Waals surface area contributed by atoms with Gasteiger partial charge in [-0.1, -0.05) is 11.6 Å². The summed E-state index contributed by atoms with van der Waals surface area (Å²) in [5, 5.41) is 11.9. The number of guanidine groups is 1. The van der Waals surface area contributed by atoms with Gasteiger partial charge >= 0.3 is 0 Å². The molecule has 0 saturated carbocycles. The van der Waals surface area contributed by atoms with E-state index in [4.69, 9.17) is 11.6 Å². The first-order valence-corrected chi connectivity index (χ1v) is 9.34. The lowest BCUT2D eigenvalue weighted by Gasteiger charge is -2.18. The standard InChI is InChI=1S/C19H26ClN7/c1-12(8-17-13(2)25-26(5)14(17)3)23-19(21-4)22-9-16-11-27-10-15(20)6-7-18(27)24-16/h6-7,10-12H,8-9H2,1-5H3,(H2,21,22,23). The minimum atomic E-state index is 0.220. The van der Waals surface area contributed by atoms with Crippen LogP contribution < -0.4 is 10.6 Å². The summed E-state index contributed by atoms with van der Waals surface area (Å²) >= 11 is 6.03. The molecule has 0 aliphatic carbocycles. The third kappa shape index (κ3) is 4.42. The van der Waals surface area contributed by atoms with E-state index in [1.165, 1.54) is 11.3 Å². The van der Waals surface area contributed by atoms with E-state index in [-0.39, 0.29) is 6.04 Å². The number of aromatic nitrogens is 4. The van der Waals surface area contributed by atoms with Crippen LogP contribution in [0.4, 0.5) is 0 Å². The Morgan fingerprint density at radius 1 is 1.30 bits per heavy atom. The minimum absolute atomic E-state index is 0.220. The Morgan fingerprint density at radius 3 is 2.74 bits per heavy atom. The number of nitrogens with zero attached hydrogens (tertiary/aromatic N) is 5. The summed E-state index contributed by atoms with van der Waals surface area (Å²) < 4.78 is 3.85. The minimum Gasteiger partial charge on any atom is -0.354 e. The van der Waals surface area contributed by atoms with Crippen LogP contribution in [0.5, 0.6) is 0 Å². The van der Waals surface area contributed by atoms with Gasteiger partial charge in [0.05, 0.1) is 23.0 Å². The van der Waals surface area contributed by atoms with Gasteiger partial charge in [-0.05, 0) is 44.9 Å². The third-order valence-electron chi connectivity index (χ3n) is 4.68. The molecule has 0 amide bonds. The van der Waals surface area contributed by atoms with Crippen LogP contribution in [-0.2, 0) is 20.0 Å². The fourth-order valence-corrected chi connectivity index (χ4v) is 3.34. The van der Waals surface area contributed by atoms with Crippen LogP contribution in [0.1, 0.15) is 29.6 Å². The van der Waals surface area contributed by atoms with E-state index in [0.717, 1.165) is 29.4 Å². The first-order chi connectivity index (χ1) is 12.9. The van der Waals surface area contributed by atoms with Crippen LogP contribution in [-0.4, -0.2) is 38.2 Å². The van der Waals surface area contributed by atoms with Crippen molar-refractivity contribution < 1.29 is 0 Å². The maximum atomic E-state index is 6.03. The van der Waals surface area contributed by atoms with Crippen LogP contribution in [0.25, 0.3) is 5.65 Å². The Kier molecular flexibility index (Phi) is 5.70. The summed E-state index contributed by atoms with van der Waals surface area (Å²) in [5.74, 6) is 0.747. The number of fused-ring (bicyclic) bond motifs is 1. The Bertz CT molecular complexity index is 970. The molecule has 27 heavy (non-hydrogen) atoms. The zero-order chi connectivity index (χ0) is 19.6. The summed E-state index contributed by atoms with van der Waals surface area (Å²) in [6.07, 6.45) is 4.70. The molecule has 7 nitrogen and oxygen atoms in total. The van der Waals surface area contributed by atoms with Crippen LogP contribution in [0.2, 0.25) is 5.02 Å². The second-order valence-electron chi connectivity index (χ2n) is 6.79. The lowest BCUT2D eigenvalue weighted by Crippen LogP contribution is -2.42. The topological polar surface area (TPSA) is 71.5 Å². The molecule has 144 valence electrons. The predicted octanol–water partition coefficient (Wildman–Crippen LogP) is 2.63. The molecule has 1 atom stereocenters. The number of nitrogens with one attached hydrogen (secondary N) is 2. The molecular weight excluding hydrogens is 362 g/mol. The molecule has 0 aromatic carbocycles. The molecule has 0 spiro atoms. The van der Waals surface area contributed by atoms with Gasteiger partial charge in [0.2, 0.25) is 0 Å². The normalized spacial score (nSPS) is 13.2. The molecule has 0 saturated heterocycles. The molecule has 3 aromatic heterocycles. The van der Waals surface area contributed by atoms with Gasteiger partial charge < -0.3 is 15.0 Å².